The van der Waals surface area contributed by atoms with Crippen molar-refractivity contribution in [1.82, 2.24) is 0 Å². The summed E-state index contributed by atoms with van der Waals surface area (Å²) in [5.74, 6) is 0.706. The molecule has 0 radical (unpaired) electrons. The number of halogens is 1. The predicted molar refractivity (Wildman–Crippen MR) is 59.5 cm³/mol. The molecule has 1 aromatic carbocycles. The van der Waals surface area contributed by atoms with Crippen LogP contribution < -0.4 is 4.74 Å². The first-order valence-electron chi connectivity index (χ1n) is 4.69. The van der Waals surface area contributed by atoms with Gasteiger partial charge in [0.1, 0.15) is 12.4 Å². The molecule has 0 saturated carbocycles. The molecule has 1 heterocycles. The normalized spacial score (nSPS) is 15.7. The van der Waals surface area contributed by atoms with E-state index in [4.69, 9.17) is 9.47 Å². The van der Waals surface area contributed by atoms with Crippen LogP contribution >= 0.6 is 15.9 Å². The van der Waals surface area contributed by atoms with Crippen LogP contribution in [0.15, 0.2) is 16.6 Å². The predicted octanol–water partition coefficient (Wildman–Crippen LogP) is 2.21. The van der Waals surface area contributed by atoms with Crippen molar-refractivity contribution < 1.29 is 14.3 Å². The van der Waals surface area contributed by atoms with E-state index in [1.807, 2.05) is 6.07 Å². The van der Waals surface area contributed by atoms with Crippen LogP contribution in [0.2, 0.25) is 0 Å². The third-order valence-corrected chi connectivity index (χ3v) is 3.14. The average molecular weight is 271 g/mol. The molecule has 0 bridgehead atoms. The molecule has 80 valence electrons. The molecule has 0 saturated heterocycles. The minimum Gasteiger partial charge on any atom is -0.497 e. The van der Waals surface area contributed by atoms with E-state index in [0.29, 0.717) is 17.9 Å². The van der Waals surface area contributed by atoms with E-state index in [1.54, 1.807) is 13.2 Å². The largest absolute Gasteiger partial charge is 0.497 e. The van der Waals surface area contributed by atoms with E-state index in [2.05, 4.69) is 15.9 Å². The Hall–Kier alpha value is -0.870. The Bertz CT molecular complexity index is 401. The minimum absolute atomic E-state index is 0.0158. The van der Waals surface area contributed by atoms with Crippen molar-refractivity contribution in [2.24, 2.45) is 0 Å². The van der Waals surface area contributed by atoms with Crippen LogP contribution in [0.25, 0.3) is 0 Å². The lowest BCUT2D eigenvalue weighted by molar-refractivity contribution is 0.0788. The molecule has 1 aliphatic heterocycles. The number of ether oxygens (including phenoxy) is 2. The maximum absolute atomic E-state index is 11.7. The third-order valence-electron chi connectivity index (χ3n) is 2.43. The quantitative estimate of drug-likeness (QED) is 0.785. The lowest BCUT2D eigenvalue weighted by Gasteiger charge is -2.09. The smallest absolute Gasteiger partial charge is 0.188 e. The van der Waals surface area contributed by atoms with E-state index >= 15 is 0 Å². The molecule has 0 spiro atoms. The molecule has 3 nitrogen and oxygen atoms in total. The number of hydrogen-bond acceptors (Lipinski definition) is 3. The Morgan fingerprint density at radius 1 is 1.47 bits per heavy atom. The molecular formula is C11H11BrO3. The van der Waals surface area contributed by atoms with Crippen LogP contribution in [0.1, 0.15) is 15.9 Å². The van der Waals surface area contributed by atoms with Gasteiger partial charge in [-0.25, -0.2) is 0 Å². The molecule has 1 aliphatic rings. The van der Waals surface area contributed by atoms with Gasteiger partial charge < -0.3 is 9.47 Å². The fourth-order valence-electron chi connectivity index (χ4n) is 1.65. The van der Waals surface area contributed by atoms with Crippen molar-refractivity contribution in [1.29, 1.82) is 0 Å². The molecule has 2 rings (SSSR count). The Labute approximate surface area is 96.5 Å². The number of carbonyl (C=O) groups is 1. The lowest BCUT2D eigenvalue weighted by atomic mass is 10.0. The number of ketones is 1. The second kappa shape index (κ2) is 4.33. The molecule has 0 aliphatic carbocycles. The highest BCUT2D eigenvalue weighted by atomic mass is 79.9. The first-order chi connectivity index (χ1) is 7.22. The highest BCUT2D eigenvalue weighted by molar-refractivity contribution is 9.10. The summed E-state index contributed by atoms with van der Waals surface area (Å²) < 4.78 is 11.2. The number of hydrogen-bond donors (Lipinski definition) is 0. The Morgan fingerprint density at radius 2 is 2.27 bits per heavy atom. The second-order valence-corrected chi connectivity index (χ2v) is 4.22. The summed E-state index contributed by atoms with van der Waals surface area (Å²) >= 11 is 3.45. The zero-order valence-corrected chi connectivity index (χ0v) is 9.96. The van der Waals surface area contributed by atoms with Crippen molar-refractivity contribution in [3.05, 3.63) is 27.7 Å². The first-order valence-corrected chi connectivity index (χ1v) is 5.49. The van der Waals surface area contributed by atoms with Crippen molar-refractivity contribution >= 4 is 21.7 Å². The van der Waals surface area contributed by atoms with Gasteiger partial charge in [0.2, 0.25) is 0 Å². The van der Waals surface area contributed by atoms with Crippen LogP contribution in [0.3, 0.4) is 0 Å². The van der Waals surface area contributed by atoms with Gasteiger partial charge in [-0.3, -0.25) is 4.79 Å². The van der Waals surface area contributed by atoms with Crippen LogP contribution in [-0.2, 0) is 11.2 Å². The standard InChI is InChI=1S/C11H11BrO3/c1-14-7-4-9-8(10(12)5-7)2-3-15-6-11(9)13/h4-5H,2-3,6H2,1H3. The molecule has 0 amide bonds. The van der Waals surface area contributed by atoms with E-state index < -0.39 is 0 Å². The summed E-state index contributed by atoms with van der Waals surface area (Å²) in [5, 5.41) is 0. The van der Waals surface area contributed by atoms with Crippen LogP contribution in [0.4, 0.5) is 0 Å². The highest BCUT2D eigenvalue weighted by Crippen LogP contribution is 2.29. The van der Waals surface area contributed by atoms with Crippen molar-refractivity contribution in [2.75, 3.05) is 20.3 Å². The number of carbonyl (C=O) groups excluding carboxylic acids is 1. The average Bonchev–Trinajstić information content (AvgIpc) is 2.41. The molecular weight excluding hydrogens is 260 g/mol. The molecule has 4 heteroatoms. The number of fused-ring (bicyclic) bond motifs is 1. The topological polar surface area (TPSA) is 35.5 Å². The van der Waals surface area contributed by atoms with Crippen molar-refractivity contribution in [2.45, 2.75) is 6.42 Å². The molecule has 1 aromatic rings. The van der Waals surface area contributed by atoms with Gasteiger partial charge in [0.05, 0.1) is 13.7 Å². The summed E-state index contributed by atoms with van der Waals surface area (Å²) in [7, 11) is 1.59. The molecule has 0 aromatic heterocycles. The fourth-order valence-corrected chi connectivity index (χ4v) is 2.29. The summed E-state index contributed by atoms with van der Waals surface area (Å²) in [6.45, 7) is 0.746. The van der Waals surface area contributed by atoms with Gasteiger partial charge in [0, 0.05) is 10.0 Å². The van der Waals surface area contributed by atoms with Gasteiger partial charge in [-0.15, -0.1) is 0 Å². The summed E-state index contributed by atoms with van der Waals surface area (Å²) in [6, 6.07) is 3.65. The van der Waals surface area contributed by atoms with E-state index in [-0.39, 0.29) is 12.4 Å². The minimum atomic E-state index is 0.0158. The maximum atomic E-state index is 11.7. The SMILES string of the molecule is COc1cc(Br)c2c(c1)C(=O)COCC2. The molecule has 0 atom stereocenters. The summed E-state index contributed by atoms with van der Waals surface area (Å²) in [5.41, 5.74) is 1.72. The molecule has 0 fully saturated rings. The summed E-state index contributed by atoms with van der Waals surface area (Å²) in [6.07, 6.45) is 0.756. The van der Waals surface area contributed by atoms with E-state index in [0.717, 1.165) is 16.5 Å². The van der Waals surface area contributed by atoms with Crippen LogP contribution in [-0.4, -0.2) is 26.1 Å². The zero-order valence-electron chi connectivity index (χ0n) is 8.38. The van der Waals surface area contributed by atoms with E-state index in [9.17, 15) is 4.79 Å². The Morgan fingerprint density at radius 3 is 3.00 bits per heavy atom. The van der Waals surface area contributed by atoms with E-state index in [1.165, 1.54) is 0 Å². The van der Waals surface area contributed by atoms with Crippen molar-refractivity contribution in [3.63, 3.8) is 0 Å². The van der Waals surface area contributed by atoms with Gasteiger partial charge in [0.25, 0.3) is 0 Å². The van der Waals surface area contributed by atoms with Crippen LogP contribution in [0, 0.1) is 0 Å². The third kappa shape index (κ3) is 2.06. The van der Waals surface area contributed by atoms with Gasteiger partial charge in [0.15, 0.2) is 5.78 Å². The monoisotopic (exact) mass is 270 g/mol. The highest BCUT2D eigenvalue weighted by Gasteiger charge is 2.19. The van der Waals surface area contributed by atoms with Gasteiger partial charge >= 0.3 is 0 Å². The van der Waals surface area contributed by atoms with Gasteiger partial charge in [-0.2, -0.15) is 0 Å². The number of benzene rings is 1. The summed E-state index contributed by atoms with van der Waals surface area (Å²) in [4.78, 5) is 11.7. The Balaban J connectivity index is 2.55. The number of rotatable bonds is 1. The van der Waals surface area contributed by atoms with Gasteiger partial charge in [-0.1, -0.05) is 15.9 Å². The van der Waals surface area contributed by atoms with Crippen LogP contribution in [0.5, 0.6) is 5.75 Å². The molecule has 0 unspecified atom stereocenters. The second-order valence-electron chi connectivity index (χ2n) is 3.36. The van der Waals surface area contributed by atoms with Gasteiger partial charge in [-0.05, 0) is 24.1 Å². The molecule has 0 N–H and O–H groups in total. The number of Topliss-reactive ketones (excluding diaryl/α,β-unsaturated/α-hetero) is 1. The Kier molecular flexibility index (Phi) is 3.07. The first kappa shape index (κ1) is 10.6. The molecule has 15 heavy (non-hydrogen) atoms. The fraction of sp³-hybridized carbons (Fsp3) is 0.364. The lowest BCUT2D eigenvalue weighted by Crippen LogP contribution is -2.07. The number of methoxy groups -OCH3 is 1. The van der Waals surface area contributed by atoms with Crippen molar-refractivity contribution in [3.8, 4) is 5.75 Å². The maximum Gasteiger partial charge on any atom is 0.188 e. The zero-order chi connectivity index (χ0) is 10.8.